The van der Waals surface area contributed by atoms with Gasteiger partial charge in [0.1, 0.15) is 5.75 Å². The number of aryl methyl sites for hydroxylation is 1. The Bertz CT molecular complexity index is 339. The summed E-state index contributed by atoms with van der Waals surface area (Å²) < 4.78 is 5.56. The lowest BCUT2D eigenvalue weighted by atomic mass is 9.84. The van der Waals surface area contributed by atoms with Crippen molar-refractivity contribution in [3.05, 3.63) is 29.3 Å². The van der Waals surface area contributed by atoms with Crippen LogP contribution in [0.25, 0.3) is 0 Å². The van der Waals surface area contributed by atoms with Gasteiger partial charge in [-0.25, -0.2) is 0 Å². The van der Waals surface area contributed by atoms with Gasteiger partial charge in [0.25, 0.3) is 0 Å². The molecule has 1 aromatic rings. The lowest BCUT2D eigenvalue weighted by Crippen LogP contribution is -2.14. The van der Waals surface area contributed by atoms with E-state index in [0.717, 1.165) is 25.1 Å². The highest BCUT2D eigenvalue weighted by Crippen LogP contribution is 2.34. The molecule has 2 heteroatoms. The Hall–Kier alpha value is -1.02. The minimum atomic E-state index is 0.115. The first-order chi connectivity index (χ1) is 7.50. The Morgan fingerprint density at radius 2 is 1.94 bits per heavy atom. The fourth-order valence-corrected chi connectivity index (χ4v) is 1.91. The minimum absolute atomic E-state index is 0.115. The fraction of sp³-hybridized carbons (Fsp3) is 0.571. The first kappa shape index (κ1) is 13.0. The highest BCUT2D eigenvalue weighted by atomic mass is 16.5. The van der Waals surface area contributed by atoms with E-state index in [4.69, 9.17) is 10.5 Å². The molecule has 0 heterocycles. The van der Waals surface area contributed by atoms with E-state index in [0.29, 0.717) is 0 Å². The van der Waals surface area contributed by atoms with Gasteiger partial charge in [0.2, 0.25) is 0 Å². The van der Waals surface area contributed by atoms with Gasteiger partial charge in [-0.15, -0.1) is 0 Å². The topological polar surface area (TPSA) is 35.2 Å². The van der Waals surface area contributed by atoms with E-state index in [-0.39, 0.29) is 5.41 Å². The van der Waals surface area contributed by atoms with Crippen LogP contribution >= 0.6 is 0 Å². The average molecular weight is 221 g/mol. The molecule has 16 heavy (non-hydrogen) atoms. The Morgan fingerprint density at radius 3 is 2.44 bits per heavy atom. The summed E-state index contributed by atoms with van der Waals surface area (Å²) in [6.45, 7) is 7.34. The smallest absolute Gasteiger partial charge is 0.125 e. The number of methoxy groups -OCH3 is 1. The van der Waals surface area contributed by atoms with Gasteiger partial charge in [-0.05, 0) is 35.9 Å². The van der Waals surface area contributed by atoms with Gasteiger partial charge < -0.3 is 10.5 Å². The van der Waals surface area contributed by atoms with Crippen LogP contribution in [0.2, 0.25) is 0 Å². The number of hydrogen-bond acceptors (Lipinski definition) is 2. The summed E-state index contributed by atoms with van der Waals surface area (Å²) in [5.41, 5.74) is 8.20. The summed E-state index contributed by atoms with van der Waals surface area (Å²) in [4.78, 5) is 0. The van der Waals surface area contributed by atoms with Gasteiger partial charge in [-0.3, -0.25) is 0 Å². The minimum Gasteiger partial charge on any atom is -0.496 e. The number of nitrogens with two attached hydrogens (primary N) is 1. The Kier molecular flexibility index (Phi) is 4.36. The summed E-state index contributed by atoms with van der Waals surface area (Å²) in [5, 5.41) is 0. The van der Waals surface area contributed by atoms with Crippen molar-refractivity contribution in [2.24, 2.45) is 5.73 Å². The van der Waals surface area contributed by atoms with E-state index in [2.05, 4.69) is 39.0 Å². The van der Waals surface area contributed by atoms with Crippen molar-refractivity contribution in [2.45, 2.75) is 39.0 Å². The molecular formula is C14H23NO. The van der Waals surface area contributed by atoms with Crippen molar-refractivity contribution in [3.8, 4) is 5.75 Å². The largest absolute Gasteiger partial charge is 0.496 e. The second-order valence-electron chi connectivity index (χ2n) is 5.14. The van der Waals surface area contributed by atoms with Gasteiger partial charge in [-0.2, -0.15) is 0 Å². The fourth-order valence-electron chi connectivity index (χ4n) is 1.91. The van der Waals surface area contributed by atoms with Crippen LogP contribution in [0, 0.1) is 0 Å². The van der Waals surface area contributed by atoms with Crippen LogP contribution in [-0.2, 0) is 11.8 Å². The van der Waals surface area contributed by atoms with Crippen molar-refractivity contribution < 1.29 is 4.74 Å². The Balaban J connectivity index is 3.11. The number of para-hydroxylation sites is 1. The van der Waals surface area contributed by atoms with Crippen LogP contribution in [0.4, 0.5) is 0 Å². The average Bonchev–Trinajstić information content (AvgIpc) is 2.24. The first-order valence-corrected chi connectivity index (χ1v) is 5.87. The van der Waals surface area contributed by atoms with Crippen molar-refractivity contribution in [1.82, 2.24) is 0 Å². The second-order valence-corrected chi connectivity index (χ2v) is 5.14. The van der Waals surface area contributed by atoms with Gasteiger partial charge in [0, 0.05) is 0 Å². The molecule has 0 saturated heterocycles. The summed E-state index contributed by atoms with van der Waals surface area (Å²) in [5.74, 6) is 1.03. The molecule has 1 rings (SSSR count). The zero-order valence-electron chi connectivity index (χ0n) is 10.8. The van der Waals surface area contributed by atoms with Crippen LogP contribution in [0.3, 0.4) is 0 Å². The molecule has 0 bridgehead atoms. The molecule has 0 spiro atoms. The summed E-state index contributed by atoms with van der Waals surface area (Å²) in [6.07, 6.45) is 1.99. The van der Waals surface area contributed by atoms with Gasteiger partial charge in [0.05, 0.1) is 7.11 Å². The number of benzene rings is 1. The van der Waals surface area contributed by atoms with E-state index in [1.54, 1.807) is 7.11 Å². The van der Waals surface area contributed by atoms with Crippen molar-refractivity contribution in [1.29, 1.82) is 0 Å². The molecule has 0 aromatic heterocycles. The number of hydrogen-bond donors (Lipinski definition) is 1. The molecule has 0 fully saturated rings. The van der Waals surface area contributed by atoms with E-state index in [1.165, 1.54) is 11.1 Å². The molecule has 1 aromatic carbocycles. The standard InChI is InChI=1S/C14H23NO/c1-14(2,3)12-9-5-7-11(8-6-10-15)13(12)16-4/h5,7,9H,6,8,10,15H2,1-4H3. The lowest BCUT2D eigenvalue weighted by molar-refractivity contribution is 0.392. The second kappa shape index (κ2) is 5.35. The summed E-state index contributed by atoms with van der Waals surface area (Å²) in [7, 11) is 1.75. The zero-order chi connectivity index (χ0) is 12.2. The third kappa shape index (κ3) is 2.99. The molecular weight excluding hydrogens is 198 g/mol. The van der Waals surface area contributed by atoms with Gasteiger partial charge in [0.15, 0.2) is 0 Å². The van der Waals surface area contributed by atoms with Crippen LogP contribution in [-0.4, -0.2) is 13.7 Å². The molecule has 0 atom stereocenters. The SMILES string of the molecule is COc1c(CCCN)cccc1C(C)(C)C. The molecule has 0 unspecified atom stereocenters. The highest BCUT2D eigenvalue weighted by Gasteiger charge is 2.20. The highest BCUT2D eigenvalue weighted by molar-refractivity contribution is 5.45. The maximum absolute atomic E-state index is 5.56. The Labute approximate surface area is 98.8 Å². The Morgan fingerprint density at radius 1 is 1.25 bits per heavy atom. The van der Waals surface area contributed by atoms with Crippen molar-refractivity contribution in [2.75, 3.05) is 13.7 Å². The van der Waals surface area contributed by atoms with Crippen molar-refractivity contribution in [3.63, 3.8) is 0 Å². The zero-order valence-corrected chi connectivity index (χ0v) is 10.8. The predicted octanol–water partition coefficient (Wildman–Crippen LogP) is 2.88. The quantitative estimate of drug-likeness (QED) is 0.848. The third-order valence-electron chi connectivity index (χ3n) is 2.76. The van der Waals surface area contributed by atoms with Crippen LogP contribution in [0.15, 0.2) is 18.2 Å². The molecule has 0 radical (unpaired) electrons. The lowest BCUT2D eigenvalue weighted by Gasteiger charge is -2.23. The monoisotopic (exact) mass is 221 g/mol. The normalized spacial score (nSPS) is 11.6. The molecule has 90 valence electrons. The summed E-state index contributed by atoms with van der Waals surface area (Å²) in [6, 6.07) is 6.38. The molecule has 0 aliphatic rings. The van der Waals surface area contributed by atoms with Gasteiger partial charge >= 0.3 is 0 Å². The van der Waals surface area contributed by atoms with Crippen LogP contribution in [0.1, 0.15) is 38.3 Å². The molecule has 0 saturated carbocycles. The maximum atomic E-state index is 5.56. The summed E-state index contributed by atoms with van der Waals surface area (Å²) >= 11 is 0. The molecule has 0 amide bonds. The molecule has 0 aliphatic heterocycles. The molecule has 2 N–H and O–H groups in total. The van der Waals surface area contributed by atoms with Crippen LogP contribution in [0.5, 0.6) is 5.75 Å². The van der Waals surface area contributed by atoms with Gasteiger partial charge in [-0.1, -0.05) is 39.0 Å². The van der Waals surface area contributed by atoms with E-state index in [1.807, 2.05) is 0 Å². The van der Waals surface area contributed by atoms with E-state index < -0.39 is 0 Å². The van der Waals surface area contributed by atoms with E-state index in [9.17, 15) is 0 Å². The molecule has 2 nitrogen and oxygen atoms in total. The number of ether oxygens (including phenoxy) is 1. The third-order valence-corrected chi connectivity index (χ3v) is 2.76. The maximum Gasteiger partial charge on any atom is 0.125 e. The molecule has 0 aliphatic carbocycles. The predicted molar refractivity (Wildman–Crippen MR) is 69.1 cm³/mol. The first-order valence-electron chi connectivity index (χ1n) is 5.87. The number of rotatable bonds is 4. The van der Waals surface area contributed by atoms with Crippen LogP contribution < -0.4 is 10.5 Å². The van der Waals surface area contributed by atoms with Crippen molar-refractivity contribution >= 4 is 0 Å². The van der Waals surface area contributed by atoms with E-state index >= 15 is 0 Å².